The van der Waals surface area contributed by atoms with E-state index >= 15 is 0 Å². The fourth-order valence-corrected chi connectivity index (χ4v) is 2.56. The third kappa shape index (κ3) is 3.59. The molecule has 3 aromatic rings. The number of hydrogen-bond acceptors (Lipinski definition) is 5. The molecule has 0 unspecified atom stereocenters. The van der Waals surface area contributed by atoms with E-state index in [0.29, 0.717) is 18.5 Å². The molecule has 0 atom stereocenters. The molecule has 0 saturated carbocycles. The molecule has 0 fully saturated rings. The van der Waals surface area contributed by atoms with Gasteiger partial charge < -0.3 is 9.73 Å². The van der Waals surface area contributed by atoms with Crippen molar-refractivity contribution in [1.29, 1.82) is 0 Å². The van der Waals surface area contributed by atoms with Crippen molar-refractivity contribution in [3.8, 4) is 0 Å². The second-order valence-corrected chi connectivity index (χ2v) is 5.61. The average Bonchev–Trinajstić information content (AvgIpc) is 3.10. The summed E-state index contributed by atoms with van der Waals surface area (Å²) in [5.74, 6) is 0.649. The fourth-order valence-electron chi connectivity index (χ4n) is 2.56. The fraction of sp³-hybridized carbons (Fsp3) is 0.353. The van der Waals surface area contributed by atoms with Crippen LogP contribution in [0.5, 0.6) is 0 Å². The minimum absolute atomic E-state index is 0.454. The predicted octanol–water partition coefficient (Wildman–Crippen LogP) is 2.82. The number of aromatic nitrogens is 4. The number of hydrogen-bond donors (Lipinski definition) is 1. The molecule has 6 heteroatoms. The first kappa shape index (κ1) is 15.3. The van der Waals surface area contributed by atoms with Crippen molar-refractivity contribution >= 4 is 6.01 Å². The molecule has 120 valence electrons. The molecule has 0 aliphatic rings. The van der Waals surface area contributed by atoms with Crippen LogP contribution in [0.15, 0.2) is 34.7 Å². The van der Waals surface area contributed by atoms with Crippen molar-refractivity contribution in [1.82, 2.24) is 20.0 Å². The average molecular weight is 311 g/mol. The summed E-state index contributed by atoms with van der Waals surface area (Å²) in [6.07, 6.45) is 1.63. The maximum Gasteiger partial charge on any atom is 0.315 e. The molecule has 0 saturated heterocycles. The number of nitrogens with one attached hydrogen (secondary N) is 1. The van der Waals surface area contributed by atoms with Gasteiger partial charge in [0.2, 0.25) is 5.89 Å². The maximum absolute atomic E-state index is 5.65. The standard InChI is InChI=1S/C17H21N5O/c1-12-15(13(2)22(3)21-12)11-18-17-20-19-16(23-17)10-9-14-7-5-4-6-8-14/h4-8H,9-11H2,1-3H3,(H,18,20). The van der Waals surface area contributed by atoms with Crippen LogP contribution in [-0.4, -0.2) is 20.0 Å². The molecular formula is C17H21N5O. The maximum atomic E-state index is 5.65. The predicted molar refractivity (Wildman–Crippen MR) is 88.2 cm³/mol. The lowest BCUT2D eigenvalue weighted by Crippen LogP contribution is -2.02. The van der Waals surface area contributed by atoms with E-state index in [1.165, 1.54) is 5.56 Å². The van der Waals surface area contributed by atoms with Gasteiger partial charge in [0.1, 0.15) is 0 Å². The van der Waals surface area contributed by atoms with Crippen molar-refractivity contribution in [2.75, 3.05) is 5.32 Å². The van der Waals surface area contributed by atoms with Gasteiger partial charge in [0.25, 0.3) is 0 Å². The molecule has 3 rings (SSSR count). The van der Waals surface area contributed by atoms with Crippen molar-refractivity contribution in [3.63, 3.8) is 0 Å². The molecule has 2 heterocycles. The Bertz CT molecular complexity index is 776. The zero-order valence-corrected chi connectivity index (χ0v) is 13.7. The van der Waals surface area contributed by atoms with E-state index in [9.17, 15) is 0 Å². The van der Waals surface area contributed by atoms with E-state index in [0.717, 1.165) is 29.8 Å². The Balaban J connectivity index is 1.57. The van der Waals surface area contributed by atoms with Gasteiger partial charge >= 0.3 is 6.01 Å². The van der Waals surface area contributed by atoms with Crippen LogP contribution in [0.25, 0.3) is 0 Å². The van der Waals surface area contributed by atoms with Gasteiger partial charge in [0.05, 0.1) is 5.69 Å². The monoisotopic (exact) mass is 311 g/mol. The van der Waals surface area contributed by atoms with Gasteiger partial charge in [-0.3, -0.25) is 4.68 Å². The topological polar surface area (TPSA) is 68.8 Å². The van der Waals surface area contributed by atoms with Gasteiger partial charge in [-0.05, 0) is 25.8 Å². The minimum atomic E-state index is 0.454. The molecule has 23 heavy (non-hydrogen) atoms. The summed E-state index contributed by atoms with van der Waals surface area (Å²) >= 11 is 0. The van der Waals surface area contributed by atoms with E-state index in [1.54, 1.807) is 0 Å². The smallest absolute Gasteiger partial charge is 0.315 e. The number of anilines is 1. The molecule has 1 N–H and O–H groups in total. The van der Waals surface area contributed by atoms with Gasteiger partial charge in [-0.15, -0.1) is 5.10 Å². The van der Waals surface area contributed by atoms with Crippen molar-refractivity contribution < 1.29 is 4.42 Å². The summed E-state index contributed by atoms with van der Waals surface area (Å²) in [6.45, 7) is 4.69. The van der Waals surface area contributed by atoms with Crippen molar-refractivity contribution in [3.05, 3.63) is 58.7 Å². The lowest BCUT2D eigenvalue weighted by atomic mass is 10.1. The summed E-state index contributed by atoms with van der Waals surface area (Å²) in [4.78, 5) is 0. The van der Waals surface area contributed by atoms with Crippen LogP contribution in [0.2, 0.25) is 0 Å². The Labute approximate surface area is 135 Å². The molecule has 0 aliphatic heterocycles. The van der Waals surface area contributed by atoms with E-state index in [1.807, 2.05) is 36.9 Å². The van der Waals surface area contributed by atoms with E-state index < -0.39 is 0 Å². The SMILES string of the molecule is Cc1nn(C)c(C)c1CNc1nnc(CCc2ccccc2)o1. The van der Waals surface area contributed by atoms with Gasteiger partial charge in [0.15, 0.2) is 0 Å². The van der Waals surface area contributed by atoms with E-state index in [2.05, 4.69) is 39.7 Å². The second-order valence-electron chi connectivity index (χ2n) is 5.61. The molecule has 0 radical (unpaired) electrons. The van der Waals surface area contributed by atoms with Crippen LogP contribution in [0.3, 0.4) is 0 Å². The highest BCUT2D eigenvalue weighted by atomic mass is 16.4. The van der Waals surface area contributed by atoms with Crippen LogP contribution in [0, 0.1) is 13.8 Å². The van der Waals surface area contributed by atoms with Gasteiger partial charge in [0, 0.05) is 31.3 Å². The second kappa shape index (κ2) is 6.64. The summed E-state index contributed by atoms with van der Waals surface area (Å²) in [6, 6.07) is 10.7. The number of benzene rings is 1. The normalized spacial score (nSPS) is 10.9. The highest BCUT2D eigenvalue weighted by Crippen LogP contribution is 2.15. The van der Waals surface area contributed by atoms with E-state index in [-0.39, 0.29) is 0 Å². The Hall–Kier alpha value is -2.63. The molecular weight excluding hydrogens is 290 g/mol. The first-order chi connectivity index (χ1) is 11.1. The van der Waals surface area contributed by atoms with Crippen LogP contribution in [0.4, 0.5) is 6.01 Å². The van der Waals surface area contributed by atoms with Gasteiger partial charge in [-0.2, -0.15) is 5.10 Å². The molecule has 0 spiro atoms. The van der Waals surface area contributed by atoms with Crippen LogP contribution in [0.1, 0.15) is 28.4 Å². The minimum Gasteiger partial charge on any atom is -0.408 e. The molecule has 0 aliphatic carbocycles. The van der Waals surface area contributed by atoms with Gasteiger partial charge in [-0.25, -0.2) is 0 Å². The highest BCUT2D eigenvalue weighted by molar-refractivity contribution is 5.29. The first-order valence-electron chi connectivity index (χ1n) is 7.72. The van der Waals surface area contributed by atoms with E-state index in [4.69, 9.17) is 4.42 Å². The Morgan fingerprint density at radius 2 is 1.87 bits per heavy atom. The molecule has 6 nitrogen and oxygen atoms in total. The molecule has 2 aromatic heterocycles. The quantitative estimate of drug-likeness (QED) is 0.758. The first-order valence-corrected chi connectivity index (χ1v) is 7.72. The van der Waals surface area contributed by atoms with Crippen LogP contribution in [-0.2, 0) is 26.4 Å². The van der Waals surface area contributed by atoms with Crippen LogP contribution < -0.4 is 5.32 Å². The Kier molecular flexibility index (Phi) is 4.41. The third-order valence-corrected chi connectivity index (χ3v) is 4.01. The van der Waals surface area contributed by atoms with Gasteiger partial charge in [-0.1, -0.05) is 35.4 Å². The van der Waals surface area contributed by atoms with Crippen LogP contribution >= 0.6 is 0 Å². The highest BCUT2D eigenvalue weighted by Gasteiger charge is 2.11. The Morgan fingerprint density at radius 1 is 1.09 bits per heavy atom. The largest absolute Gasteiger partial charge is 0.408 e. The number of nitrogens with zero attached hydrogens (tertiary/aromatic N) is 4. The lowest BCUT2D eigenvalue weighted by Gasteiger charge is -2.02. The number of aryl methyl sites for hydroxylation is 4. The summed E-state index contributed by atoms with van der Waals surface area (Å²) < 4.78 is 7.53. The Morgan fingerprint density at radius 3 is 2.57 bits per heavy atom. The zero-order chi connectivity index (χ0) is 16.2. The zero-order valence-electron chi connectivity index (χ0n) is 13.7. The molecule has 0 amide bonds. The van der Waals surface area contributed by atoms with Crippen molar-refractivity contribution in [2.45, 2.75) is 33.2 Å². The third-order valence-electron chi connectivity index (χ3n) is 4.01. The number of rotatable bonds is 6. The van der Waals surface area contributed by atoms with Crippen molar-refractivity contribution in [2.24, 2.45) is 7.05 Å². The summed E-state index contributed by atoms with van der Waals surface area (Å²) in [5, 5.41) is 15.7. The molecule has 1 aromatic carbocycles. The lowest BCUT2D eigenvalue weighted by molar-refractivity contribution is 0.503. The summed E-state index contributed by atoms with van der Waals surface area (Å²) in [5.41, 5.74) is 4.58. The summed E-state index contributed by atoms with van der Waals surface area (Å²) in [7, 11) is 1.94. The molecule has 0 bridgehead atoms.